The number of piperazine rings is 1. The summed E-state index contributed by atoms with van der Waals surface area (Å²) in [5.41, 5.74) is 2.43. The third-order valence-electron chi connectivity index (χ3n) is 3.23. The first-order valence-electron chi connectivity index (χ1n) is 6.10. The van der Waals surface area contributed by atoms with Crippen LogP contribution in [0.25, 0.3) is 11.1 Å². The Morgan fingerprint density at radius 3 is 2.65 bits per heavy atom. The first-order chi connectivity index (χ1) is 8.45. The fourth-order valence-electron chi connectivity index (χ4n) is 2.32. The number of benzene rings is 1. The Balaban J connectivity index is 1.93. The van der Waals surface area contributed by atoms with Gasteiger partial charge in [0.15, 0.2) is 0 Å². The van der Waals surface area contributed by atoms with E-state index in [0.29, 0.717) is 0 Å². The molecule has 0 amide bonds. The number of hydrogen-bond acceptors (Lipinski definition) is 2. The molecule has 0 unspecified atom stereocenters. The number of rotatable bonds is 2. The molecular formula is C13H17N4+. The Morgan fingerprint density at radius 2 is 1.88 bits per heavy atom. The molecule has 3 rings (SSSR count). The maximum atomic E-state index is 4.20. The molecule has 4 heteroatoms. The number of quaternary nitrogens is 1. The van der Waals surface area contributed by atoms with Crippen LogP contribution < -0.4 is 10.2 Å². The number of nitrogens with one attached hydrogen (secondary N) is 1. The quantitative estimate of drug-likeness (QED) is 0.786. The molecule has 1 aromatic heterocycles. The number of hydrogen-bond donors (Lipinski definition) is 2. The molecule has 17 heavy (non-hydrogen) atoms. The lowest BCUT2D eigenvalue weighted by Crippen LogP contribution is -2.89. The fourth-order valence-corrected chi connectivity index (χ4v) is 2.32. The van der Waals surface area contributed by atoms with Crippen LogP contribution in [0.2, 0.25) is 0 Å². The topological polar surface area (TPSA) is 48.5 Å². The van der Waals surface area contributed by atoms with Crippen molar-refractivity contribution in [2.45, 2.75) is 0 Å². The predicted octanol–water partition coefficient (Wildman–Crippen LogP) is 0.460. The van der Waals surface area contributed by atoms with E-state index in [1.165, 1.54) is 11.1 Å². The molecule has 3 N–H and O–H groups in total. The van der Waals surface area contributed by atoms with Gasteiger partial charge in [0.05, 0.1) is 32.4 Å². The van der Waals surface area contributed by atoms with Gasteiger partial charge in [-0.05, 0) is 5.56 Å². The average molecular weight is 229 g/mol. The van der Waals surface area contributed by atoms with E-state index in [2.05, 4.69) is 44.7 Å². The van der Waals surface area contributed by atoms with Crippen molar-refractivity contribution >= 4 is 5.82 Å². The van der Waals surface area contributed by atoms with Gasteiger partial charge in [0.2, 0.25) is 0 Å². The van der Waals surface area contributed by atoms with Crippen LogP contribution in [0.1, 0.15) is 0 Å². The van der Waals surface area contributed by atoms with Crippen molar-refractivity contribution < 1.29 is 5.32 Å². The lowest BCUT2D eigenvalue weighted by molar-refractivity contribution is -0.655. The Hall–Kier alpha value is -1.81. The van der Waals surface area contributed by atoms with E-state index in [9.17, 15) is 0 Å². The third-order valence-corrected chi connectivity index (χ3v) is 3.23. The molecule has 0 bridgehead atoms. The number of nitrogens with zero attached hydrogens (tertiary/aromatic N) is 2. The van der Waals surface area contributed by atoms with Crippen LogP contribution in [0.4, 0.5) is 5.82 Å². The van der Waals surface area contributed by atoms with Gasteiger partial charge in [0.25, 0.3) is 0 Å². The van der Waals surface area contributed by atoms with E-state index in [4.69, 9.17) is 0 Å². The zero-order valence-corrected chi connectivity index (χ0v) is 9.76. The van der Waals surface area contributed by atoms with E-state index < -0.39 is 0 Å². The van der Waals surface area contributed by atoms with Gasteiger partial charge < -0.3 is 10.2 Å². The van der Waals surface area contributed by atoms with Crippen molar-refractivity contribution in [3.8, 4) is 11.1 Å². The van der Waals surface area contributed by atoms with Crippen LogP contribution in [-0.4, -0.2) is 36.4 Å². The summed E-state index contributed by atoms with van der Waals surface area (Å²) in [6.45, 7) is 4.49. The van der Waals surface area contributed by atoms with E-state index in [-0.39, 0.29) is 0 Å². The SMILES string of the molecule is c1ccc(-c2cn[nH]c2N2CC[NH2+]CC2)cc1. The summed E-state index contributed by atoms with van der Waals surface area (Å²) in [4.78, 5) is 2.38. The van der Waals surface area contributed by atoms with Crippen LogP contribution >= 0.6 is 0 Å². The molecule has 0 spiro atoms. The monoisotopic (exact) mass is 229 g/mol. The number of aromatic nitrogens is 2. The summed E-state index contributed by atoms with van der Waals surface area (Å²) in [6.07, 6.45) is 1.92. The van der Waals surface area contributed by atoms with Gasteiger partial charge >= 0.3 is 0 Å². The van der Waals surface area contributed by atoms with Crippen LogP contribution in [0.15, 0.2) is 36.5 Å². The zero-order valence-electron chi connectivity index (χ0n) is 9.76. The first kappa shape index (κ1) is 10.4. The molecule has 1 aliphatic rings. The van der Waals surface area contributed by atoms with Gasteiger partial charge in [0, 0.05) is 5.56 Å². The Morgan fingerprint density at radius 1 is 1.12 bits per heavy atom. The van der Waals surface area contributed by atoms with Crippen LogP contribution in [0.3, 0.4) is 0 Å². The van der Waals surface area contributed by atoms with E-state index in [1.807, 2.05) is 12.3 Å². The maximum Gasteiger partial charge on any atom is 0.132 e. The van der Waals surface area contributed by atoms with Gasteiger partial charge in [-0.15, -0.1) is 0 Å². The van der Waals surface area contributed by atoms with Crippen LogP contribution in [0, 0.1) is 0 Å². The number of H-pyrrole nitrogens is 1. The normalized spacial score (nSPS) is 16.1. The molecule has 88 valence electrons. The van der Waals surface area contributed by atoms with Gasteiger partial charge in [-0.1, -0.05) is 30.3 Å². The third kappa shape index (κ3) is 2.03. The minimum absolute atomic E-state index is 1.09. The highest BCUT2D eigenvalue weighted by atomic mass is 15.3. The van der Waals surface area contributed by atoms with Crippen molar-refractivity contribution in [1.82, 2.24) is 10.2 Å². The number of anilines is 1. The molecular weight excluding hydrogens is 212 g/mol. The minimum Gasteiger partial charge on any atom is -0.345 e. The second-order valence-electron chi connectivity index (χ2n) is 4.35. The largest absolute Gasteiger partial charge is 0.345 e. The van der Waals surface area contributed by atoms with Crippen molar-refractivity contribution in [3.05, 3.63) is 36.5 Å². The highest BCUT2D eigenvalue weighted by molar-refractivity contribution is 5.75. The molecule has 2 aromatic rings. The first-order valence-corrected chi connectivity index (χ1v) is 6.10. The fraction of sp³-hybridized carbons (Fsp3) is 0.308. The van der Waals surface area contributed by atoms with E-state index in [1.54, 1.807) is 0 Å². The average Bonchev–Trinajstić information content (AvgIpc) is 2.90. The summed E-state index contributed by atoms with van der Waals surface area (Å²) >= 11 is 0. The molecule has 0 saturated carbocycles. The molecule has 1 aromatic carbocycles. The molecule has 1 aliphatic heterocycles. The molecule has 4 nitrogen and oxygen atoms in total. The summed E-state index contributed by atoms with van der Waals surface area (Å²) in [7, 11) is 0. The summed E-state index contributed by atoms with van der Waals surface area (Å²) in [5, 5.41) is 9.69. The summed E-state index contributed by atoms with van der Waals surface area (Å²) in [6, 6.07) is 10.4. The van der Waals surface area contributed by atoms with Crippen molar-refractivity contribution in [1.29, 1.82) is 0 Å². The van der Waals surface area contributed by atoms with Gasteiger partial charge in [-0.3, -0.25) is 5.10 Å². The molecule has 0 atom stereocenters. The van der Waals surface area contributed by atoms with Gasteiger partial charge in [0.1, 0.15) is 5.82 Å². The van der Waals surface area contributed by atoms with E-state index in [0.717, 1.165) is 32.0 Å². The Bertz CT molecular complexity index is 471. The minimum atomic E-state index is 1.09. The van der Waals surface area contributed by atoms with Crippen molar-refractivity contribution in [2.75, 3.05) is 31.1 Å². The Labute approximate surface area is 101 Å². The second-order valence-corrected chi connectivity index (χ2v) is 4.35. The van der Waals surface area contributed by atoms with Crippen molar-refractivity contribution in [3.63, 3.8) is 0 Å². The van der Waals surface area contributed by atoms with E-state index >= 15 is 0 Å². The molecule has 0 aliphatic carbocycles. The lowest BCUT2D eigenvalue weighted by atomic mass is 10.1. The highest BCUT2D eigenvalue weighted by Gasteiger charge is 2.18. The standard InChI is InChI=1S/C13H16N4/c1-2-4-11(5-3-1)12-10-15-16-13(12)17-8-6-14-7-9-17/h1-5,10,14H,6-9H2,(H,15,16)/p+1. The van der Waals surface area contributed by atoms with Crippen LogP contribution in [-0.2, 0) is 0 Å². The summed E-state index contributed by atoms with van der Waals surface area (Å²) < 4.78 is 0. The van der Waals surface area contributed by atoms with Crippen LogP contribution in [0.5, 0.6) is 0 Å². The zero-order chi connectivity index (χ0) is 11.5. The Kier molecular flexibility index (Phi) is 2.80. The van der Waals surface area contributed by atoms with Gasteiger partial charge in [-0.2, -0.15) is 5.10 Å². The number of nitrogens with two attached hydrogens (primary N) is 1. The molecule has 1 fully saturated rings. The molecule has 0 radical (unpaired) electrons. The predicted molar refractivity (Wildman–Crippen MR) is 67.9 cm³/mol. The molecule has 1 saturated heterocycles. The molecule has 2 heterocycles. The second kappa shape index (κ2) is 4.59. The van der Waals surface area contributed by atoms with Gasteiger partial charge in [-0.25, -0.2) is 0 Å². The summed E-state index contributed by atoms with van der Waals surface area (Å²) in [5.74, 6) is 1.16. The number of aromatic amines is 1. The smallest absolute Gasteiger partial charge is 0.132 e. The maximum absolute atomic E-state index is 4.20. The lowest BCUT2D eigenvalue weighted by Gasteiger charge is -2.26. The highest BCUT2D eigenvalue weighted by Crippen LogP contribution is 2.28. The van der Waals surface area contributed by atoms with Crippen molar-refractivity contribution in [2.24, 2.45) is 0 Å².